The average molecular weight is 537 g/mol. The zero-order valence-corrected chi connectivity index (χ0v) is 20.6. The molecule has 0 aliphatic carbocycles. The highest BCUT2D eigenvalue weighted by molar-refractivity contribution is 5.82. The monoisotopic (exact) mass is 536 g/mol. The highest BCUT2D eigenvalue weighted by Crippen LogP contribution is 2.27. The zero-order valence-electron chi connectivity index (χ0n) is 20.6. The van der Waals surface area contributed by atoms with Crippen molar-refractivity contribution in [2.75, 3.05) is 36.4 Å². The van der Waals surface area contributed by atoms with E-state index in [1.807, 2.05) is 19.9 Å². The fourth-order valence-corrected chi connectivity index (χ4v) is 3.73. The highest BCUT2D eigenvalue weighted by atomic mass is 19.4. The van der Waals surface area contributed by atoms with Crippen molar-refractivity contribution in [2.45, 2.75) is 32.6 Å². The number of nitriles is 1. The van der Waals surface area contributed by atoms with Crippen LogP contribution in [0.15, 0.2) is 36.4 Å². The van der Waals surface area contributed by atoms with Crippen LogP contribution in [-0.2, 0) is 11.3 Å². The number of alkyl halides is 3. The third-order valence-electron chi connectivity index (χ3n) is 5.52. The van der Waals surface area contributed by atoms with Crippen molar-refractivity contribution in [3.8, 4) is 6.07 Å². The Morgan fingerprint density at radius 2 is 1.74 bits per heavy atom. The van der Waals surface area contributed by atoms with Gasteiger partial charge in [-0.2, -0.15) is 18.4 Å². The number of hydrogen-bond acceptors (Lipinski definition) is 7. The van der Waals surface area contributed by atoms with Crippen molar-refractivity contribution >= 4 is 28.6 Å². The number of carboxylic acid groups (broad SMARTS) is 1. The lowest BCUT2D eigenvalue weighted by Crippen LogP contribution is -2.46. The van der Waals surface area contributed by atoms with E-state index in [1.54, 1.807) is 12.1 Å². The fourth-order valence-electron chi connectivity index (χ4n) is 3.73. The molecule has 2 aromatic carbocycles. The maximum atomic E-state index is 14.0. The third kappa shape index (κ3) is 7.48. The van der Waals surface area contributed by atoms with Crippen molar-refractivity contribution in [1.82, 2.24) is 14.9 Å². The minimum atomic E-state index is -5.08. The van der Waals surface area contributed by atoms with Gasteiger partial charge in [0.2, 0.25) is 0 Å². The van der Waals surface area contributed by atoms with E-state index in [-0.39, 0.29) is 11.9 Å². The first-order valence-electron chi connectivity index (χ1n) is 11.6. The average Bonchev–Trinajstić information content (AvgIpc) is 2.85. The van der Waals surface area contributed by atoms with Gasteiger partial charge in [-0.3, -0.25) is 4.90 Å². The van der Waals surface area contributed by atoms with E-state index in [0.29, 0.717) is 55.2 Å². The smallest absolute Gasteiger partial charge is 0.475 e. The maximum Gasteiger partial charge on any atom is 0.490 e. The molecule has 2 N–H and O–H groups in total. The van der Waals surface area contributed by atoms with E-state index in [1.165, 1.54) is 12.1 Å². The molecule has 8 nitrogen and oxygen atoms in total. The number of anilines is 2. The molecule has 202 valence electrons. The van der Waals surface area contributed by atoms with Crippen molar-refractivity contribution in [3.63, 3.8) is 0 Å². The van der Waals surface area contributed by atoms with Gasteiger partial charge in [-0.25, -0.2) is 23.5 Å². The topological polar surface area (TPSA) is 105 Å². The van der Waals surface area contributed by atoms with Gasteiger partial charge in [-0.05, 0) is 50.2 Å². The van der Waals surface area contributed by atoms with E-state index >= 15 is 0 Å². The summed E-state index contributed by atoms with van der Waals surface area (Å²) in [7, 11) is 0. The molecular weight excluding hydrogens is 511 g/mol. The van der Waals surface area contributed by atoms with Gasteiger partial charge < -0.3 is 15.3 Å². The summed E-state index contributed by atoms with van der Waals surface area (Å²) in [5, 5.41) is 19.7. The summed E-state index contributed by atoms with van der Waals surface area (Å²) in [4.78, 5) is 22.7. The quantitative estimate of drug-likeness (QED) is 0.458. The molecule has 1 aliphatic rings. The first-order valence-corrected chi connectivity index (χ1v) is 11.6. The third-order valence-corrected chi connectivity index (χ3v) is 5.52. The number of aromatic nitrogens is 2. The van der Waals surface area contributed by atoms with E-state index in [9.17, 15) is 27.2 Å². The van der Waals surface area contributed by atoms with Crippen LogP contribution in [0.2, 0.25) is 0 Å². The first kappa shape index (κ1) is 28.5. The molecule has 0 bridgehead atoms. The summed E-state index contributed by atoms with van der Waals surface area (Å²) in [5.74, 6) is -2.12. The van der Waals surface area contributed by atoms with Gasteiger partial charge in [0.05, 0.1) is 22.7 Å². The second kappa shape index (κ2) is 12.0. The van der Waals surface area contributed by atoms with Crippen LogP contribution in [0.3, 0.4) is 0 Å². The molecule has 0 atom stereocenters. The van der Waals surface area contributed by atoms with E-state index in [0.717, 1.165) is 17.4 Å². The standard InChI is InChI=1S/C23H24F2N6.C2HF3O2/c1-15(2)27-22-23(29-21-11-16(13-26)3-6-20(21)28-22)31-9-7-30(8-10-31)14-17-12-18(24)4-5-19(17)25;3-2(4,5)1(6)7/h3-6,11-12,15H,7-10,14H2,1-2H3,(H,27,28);(H,6,7). The molecule has 0 unspecified atom stereocenters. The lowest BCUT2D eigenvalue weighted by Gasteiger charge is -2.36. The summed E-state index contributed by atoms with van der Waals surface area (Å²) in [6.07, 6.45) is -5.08. The predicted octanol–water partition coefficient (Wildman–Crippen LogP) is 4.56. The van der Waals surface area contributed by atoms with Crippen molar-refractivity contribution in [3.05, 3.63) is 59.2 Å². The van der Waals surface area contributed by atoms with Crippen LogP contribution >= 0.6 is 0 Å². The molecule has 3 aromatic rings. The Kier molecular flexibility index (Phi) is 9.00. The Morgan fingerprint density at radius 1 is 1.08 bits per heavy atom. The molecule has 4 rings (SSSR count). The van der Waals surface area contributed by atoms with Gasteiger partial charge in [0, 0.05) is 44.3 Å². The molecule has 0 saturated carbocycles. The Hall–Kier alpha value is -4.05. The second-order valence-electron chi connectivity index (χ2n) is 8.81. The van der Waals surface area contributed by atoms with Crippen LogP contribution in [0.4, 0.5) is 33.6 Å². The van der Waals surface area contributed by atoms with Crippen LogP contribution in [0.25, 0.3) is 11.0 Å². The van der Waals surface area contributed by atoms with Gasteiger partial charge in [-0.1, -0.05) is 0 Å². The Labute approximate surface area is 215 Å². The molecule has 1 aromatic heterocycles. The number of fused-ring (bicyclic) bond motifs is 1. The number of rotatable bonds is 5. The molecule has 13 heteroatoms. The maximum absolute atomic E-state index is 14.0. The summed E-state index contributed by atoms with van der Waals surface area (Å²) in [5.41, 5.74) is 2.31. The van der Waals surface area contributed by atoms with Crippen LogP contribution in [0.5, 0.6) is 0 Å². The molecule has 0 radical (unpaired) electrons. The number of piperazine rings is 1. The Morgan fingerprint density at radius 3 is 2.32 bits per heavy atom. The van der Waals surface area contributed by atoms with Gasteiger partial charge in [0.1, 0.15) is 11.6 Å². The summed E-state index contributed by atoms with van der Waals surface area (Å²) >= 11 is 0. The first-order chi connectivity index (χ1) is 17.9. The number of halogens is 5. The number of nitrogens with one attached hydrogen (secondary N) is 1. The number of aliphatic carboxylic acids is 1. The van der Waals surface area contributed by atoms with E-state index in [2.05, 4.69) is 21.2 Å². The van der Waals surface area contributed by atoms with Gasteiger partial charge in [0.15, 0.2) is 11.6 Å². The van der Waals surface area contributed by atoms with Crippen LogP contribution < -0.4 is 10.2 Å². The van der Waals surface area contributed by atoms with E-state index in [4.69, 9.17) is 19.9 Å². The van der Waals surface area contributed by atoms with Crippen LogP contribution in [-0.4, -0.2) is 64.3 Å². The molecular formula is C25H25F5N6O2. The normalized spacial score (nSPS) is 14.1. The largest absolute Gasteiger partial charge is 0.490 e. The molecule has 0 spiro atoms. The molecule has 1 aliphatic heterocycles. The van der Waals surface area contributed by atoms with Gasteiger partial charge in [-0.15, -0.1) is 0 Å². The lowest BCUT2D eigenvalue weighted by molar-refractivity contribution is -0.192. The number of carbonyl (C=O) groups is 1. The second-order valence-corrected chi connectivity index (χ2v) is 8.81. The Balaban J connectivity index is 0.000000505. The van der Waals surface area contributed by atoms with E-state index < -0.39 is 18.0 Å². The fraction of sp³-hybridized carbons (Fsp3) is 0.360. The number of hydrogen-bond donors (Lipinski definition) is 2. The molecule has 1 saturated heterocycles. The number of nitrogens with zero attached hydrogens (tertiary/aromatic N) is 5. The van der Waals surface area contributed by atoms with Crippen molar-refractivity contribution in [2.24, 2.45) is 0 Å². The zero-order chi connectivity index (χ0) is 28.0. The number of benzene rings is 2. The summed E-state index contributed by atoms with van der Waals surface area (Å²) in [6, 6.07) is 11.2. The summed E-state index contributed by atoms with van der Waals surface area (Å²) < 4.78 is 59.2. The number of carboxylic acids is 1. The van der Waals surface area contributed by atoms with Crippen LogP contribution in [0.1, 0.15) is 25.0 Å². The molecule has 2 heterocycles. The minimum Gasteiger partial charge on any atom is -0.475 e. The van der Waals surface area contributed by atoms with Gasteiger partial charge >= 0.3 is 12.1 Å². The predicted molar refractivity (Wildman–Crippen MR) is 131 cm³/mol. The summed E-state index contributed by atoms with van der Waals surface area (Å²) in [6.45, 7) is 7.19. The SMILES string of the molecule is CC(C)Nc1nc2ccc(C#N)cc2nc1N1CCN(Cc2cc(F)ccc2F)CC1.O=C(O)C(F)(F)F. The highest BCUT2D eigenvalue weighted by Gasteiger charge is 2.38. The van der Waals surface area contributed by atoms with Crippen molar-refractivity contribution in [1.29, 1.82) is 5.26 Å². The molecule has 1 fully saturated rings. The van der Waals surface area contributed by atoms with Crippen molar-refractivity contribution < 1.29 is 31.9 Å². The van der Waals surface area contributed by atoms with Gasteiger partial charge in [0.25, 0.3) is 0 Å². The molecule has 0 amide bonds. The van der Waals surface area contributed by atoms with Crippen LogP contribution in [0, 0.1) is 23.0 Å². The molecule has 38 heavy (non-hydrogen) atoms. The Bertz CT molecular complexity index is 1330. The minimum absolute atomic E-state index is 0.182. The lowest BCUT2D eigenvalue weighted by atomic mass is 10.1.